The molecule has 0 radical (unpaired) electrons. The van der Waals surface area contributed by atoms with Crippen molar-refractivity contribution < 1.29 is 14.3 Å². The first-order valence-electron chi connectivity index (χ1n) is 8.22. The molecule has 1 heterocycles. The van der Waals surface area contributed by atoms with Crippen molar-refractivity contribution in [2.45, 2.75) is 12.8 Å². The number of Topliss-reactive ketones (excluding diaryl/α,β-unsaturated/α-hetero) is 1. The van der Waals surface area contributed by atoms with E-state index in [2.05, 4.69) is 5.32 Å². The maximum Gasteiger partial charge on any atom is 0.336 e. The Bertz CT molecular complexity index is 1000. The second-order valence-corrected chi connectivity index (χ2v) is 6.74. The van der Waals surface area contributed by atoms with E-state index < -0.39 is 11.9 Å². The first kappa shape index (κ1) is 16.6. The highest BCUT2D eigenvalue weighted by molar-refractivity contribution is 6.30. The monoisotopic (exact) mass is 365 g/mol. The fourth-order valence-corrected chi connectivity index (χ4v) is 3.82. The van der Waals surface area contributed by atoms with Crippen molar-refractivity contribution in [1.82, 2.24) is 5.32 Å². The lowest BCUT2D eigenvalue weighted by atomic mass is 9.80. The van der Waals surface area contributed by atoms with Crippen LogP contribution < -0.4 is 5.32 Å². The number of dihydropyridines is 1. The third kappa shape index (κ3) is 2.37. The van der Waals surface area contributed by atoms with Crippen LogP contribution >= 0.6 is 11.6 Å². The summed E-state index contributed by atoms with van der Waals surface area (Å²) in [6.45, 7) is 1.82. The van der Waals surface area contributed by atoms with Gasteiger partial charge in [-0.3, -0.25) is 4.79 Å². The standard InChI is InChI=1S/C21H16ClNO3/c1-11-16(21(25)26-2)17(12-7-9-13(22)10-8-12)18-19(23-11)14-5-3-4-6-15(14)20(18)24/h3-10,17,23H,1-2H3/t17-/m1/s1. The zero-order valence-electron chi connectivity index (χ0n) is 14.3. The van der Waals surface area contributed by atoms with Crippen LogP contribution in [0.5, 0.6) is 0 Å². The van der Waals surface area contributed by atoms with E-state index >= 15 is 0 Å². The molecule has 4 rings (SSSR count). The van der Waals surface area contributed by atoms with Crippen LogP contribution in [0.15, 0.2) is 65.4 Å². The number of nitrogens with one attached hydrogen (secondary N) is 1. The molecule has 0 fully saturated rings. The quantitative estimate of drug-likeness (QED) is 0.815. The lowest BCUT2D eigenvalue weighted by Gasteiger charge is -2.29. The van der Waals surface area contributed by atoms with Gasteiger partial charge in [-0.2, -0.15) is 0 Å². The molecule has 2 aromatic carbocycles. The summed E-state index contributed by atoms with van der Waals surface area (Å²) in [4.78, 5) is 25.7. The van der Waals surface area contributed by atoms with Gasteiger partial charge in [-0.25, -0.2) is 4.79 Å². The number of ketones is 1. The Labute approximate surface area is 156 Å². The molecule has 0 unspecified atom stereocenters. The molecule has 1 atom stereocenters. The largest absolute Gasteiger partial charge is 0.466 e. The summed E-state index contributed by atoms with van der Waals surface area (Å²) in [5.41, 5.74) is 4.77. The lowest BCUT2D eigenvalue weighted by Crippen LogP contribution is -2.29. The highest BCUT2D eigenvalue weighted by Gasteiger charge is 2.42. The zero-order valence-corrected chi connectivity index (χ0v) is 15.1. The average Bonchev–Trinajstić information content (AvgIpc) is 2.93. The Morgan fingerprint density at radius 2 is 1.73 bits per heavy atom. The van der Waals surface area contributed by atoms with Crippen molar-refractivity contribution in [3.63, 3.8) is 0 Å². The number of rotatable bonds is 2. The van der Waals surface area contributed by atoms with E-state index in [1.807, 2.05) is 43.3 Å². The Morgan fingerprint density at radius 3 is 2.38 bits per heavy atom. The summed E-state index contributed by atoms with van der Waals surface area (Å²) < 4.78 is 5.00. The second kappa shape index (κ2) is 6.15. The maximum absolute atomic E-state index is 13.1. The van der Waals surface area contributed by atoms with Crippen LogP contribution in [0.25, 0.3) is 5.70 Å². The zero-order chi connectivity index (χ0) is 18.4. The van der Waals surface area contributed by atoms with Crippen LogP contribution in [0.3, 0.4) is 0 Å². The first-order chi connectivity index (χ1) is 12.5. The van der Waals surface area contributed by atoms with Gasteiger partial charge in [0.2, 0.25) is 0 Å². The van der Waals surface area contributed by atoms with Gasteiger partial charge in [0.25, 0.3) is 0 Å². The van der Waals surface area contributed by atoms with E-state index in [0.29, 0.717) is 27.4 Å². The predicted molar refractivity (Wildman–Crippen MR) is 99.7 cm³/mol. The molecule has 0 aromatic heterocycles. The van der Waals surface area contributed by atoms with Crippen LogP contribution in [0.1, 0.15) is 34.3 Å². The van der Waals surface area contributed by atoms with E-state index in [0.717, 1.165) is 16.8 Å². The molecular weight excluding hydrogens is 350 g/mol. The van der Waals surface area contributed by atoms with Crippen LogP contribution in [0, 0.1) is 0 Å². The molecule has 1 N–H and O–H groups in total. The number of carbonyl (C=O) groups is 2. The van der Waals surface area contributed by atoms with E-state index in [1.54, 1.807) is 12.1 Å². The minimum atomic E-state index is -0.504. The average molecular weight is 366 g/mol. The van der Waals surface area contributed by atoms with Crippen LogP contribution in [-0.4, -0.2) is 18.9 Å². The molecule has 1 aliphatic carbocycles. The summed E-state index contributed by atoms with van der Waals surface area (Å²) in [6.07, 6.45) is 0. The first-order valence-corrected chi connectivity index (χ1v) is 8.60. The molecule has 2 aliphatic rings. The Kier molecular flexibility index (Phi) is 3.93. The number of esters is 1. The van der Waals surface area contributed by atoms with E-state index in [4.69, 9.17) is 16.3 Å². The van der Waals surface area contributed by atoms with Crippen molar-refractivity contribution in [1.29, 1.82) is 0 Å². The normalized spacial score (nSPS) is 18.4. The number of fused-ring (bicyclic) bond motifs is 2. The number of hydrogen-bond donors (Lipinski definition) is 1. The molecular formula is C21H16ClNO3. The molecule has 130 valence electrons. The molecule has 2 aromatic rings. The third-order valence-corrected chi connectivity index (χ3v) is 5.11. The minimum Gasteiger partial charge on any atom is -0.466 e. The fraction of sp³-hybridized carbons (Fsp3) is 0.143. The molecule has 0 saturated carbocycles. The lowest BCUT2D eigenvalue weighted by molar-refractivity contribution is -0.136. The highest BCUT2D eigenvalue weighted by atomic mass is 35.5. The summed E-state index contributed by atoms with van der Waals surface area (Å²) in [7, 11) is 1.34. The maximum atomic E-state index is 13.1. The number of benzene rings is 2. The minimum absolute atomic E-state index is 0.0723. The van der Waals surface area contributed by atoms with Gasteiger partial charge in [0.1, 0.15) is 0 Å². The molecule has 1 aliphatic heterocycles. The van der Waals surface area contributed by atoms with E-state index in [1.165, 1.54) is 7.11 Å². The van der Waals surface area contributed by atoms with Crippen LogP contribution in [-0.2, 0) is 9.53 Å². The number of methoxy groups -OCH3 is 1. The van der Waals surface area contributed by atoms with Gasteiger partial charge in [0, 0.05) is 33.3 Å². The fourth-order valence-electron chi connectivity index (χ4n) is 3.70. The number of hydrogen-bond acceptors (Lipinski definition) is 4. The predicted octanol–water partition coefficient (Wildman–Crippen LogP) is 4.08. The van der Waals surface area contributed by atoms with Gasteiger partial charge in [0.15, 0.2) is 5.78 Å². The molecule has 0 saturated heterocycles. The van der Waals surface area contributed by atoms with E-state index in [-0.39, 0.29) is 5.78 Å². The topological polar surface area (TPSA) is 55.4 Å². The molecule has 26 heavy (non-hydrogen) atoms. The van der Waals surface area contributed by atoms with Crippen LogP contribution in [0.4, 0.5) is 0 Å². The van der Waals surface area contributed by atoms with Crippen LogP contribution in [0.2, 0.25) is 5.02 Å². The van der Waals surface area contributed by atoms with Crippen molar-refractivity contribution in [2.75, 3.05) is 7.11 Å². The Hall–Kier alpha value is -2.85. The number of ether oxygens (including phenoxy) is 1. The number of halogens is 1. The van der Waals surface area contributed by atoms with Gasteiger partial charge in [-0.1, -0.05) is 48.0 Å². The van der Waals surface area contributed by atoms with Crippen molar-refractivity contribution in [3.8, 4) is 0 Å². The van der Waals surface area contributed by atoms with Gasteiger partial charge in [-0.15, -0.1) is 0 Å². The molecule has 0 amide bonds. The van der Waals surface area contributed by atoms with Gasteiger partial charge >= 0.3 is 5.97 Å². The van der Waals surface area contributed by atoms with Gasteiger partial charge < -0.3 is 10.1 Å². The summed E-state index contributed by atoms with van der Waals surface area (Å²) in [5, 5.41) is 3.85. The summed E-state index contributed by atoms with van der Waals surface area (Å²) in [6, 6.07) is 14.7. The highest BCUT2D eigenvalue weighted by Crippen LogP contribution is 2.46. The summed E-state index contributed by atoms with van der Waals surface area (Å²) in [5.74, 6) is -1.03. The van der Waals surface area contributed by atoms with Gasteiger partial charge in [-0.05, 0) is 24.6 Å². The summed E-state index contributed by atoms with van der Waals surface area (Å²) >= 11 is 6.02. The molecule has 0 spiro atoms. The Balaban J connectivity index is 1.95. The van der Waals surface area contributed by atoms with Gasteiger partial charge in [0.05, 0.1) is 18.4 Å². The third-order valence-electron chi connectivity index (χ3n) is 4.86. The van der Waals surface area contributed by atoms with Crippen molar-refractivity contribution in [2.24, 2.45) is 0 Å². The molecule has 4 nitrogen and oxygen atoms in total. The van der Waals surface area contributed by atoms with Crippen molar-refractivity contribution >= 4 is 29.1 Å². The Morgan fingerprint density at radius 1 is 1.08 bits per heavy atom. The number of carbonyl (C=O) groups excluding carboxylic acids is 2. The van der Waals surface area contributed by atoms with Crippen molar-refractivity contribution in [3.05, 3.63) is 87.1 Å². The molecule has 5 heteroatoms. The smallest absolute Gasteiger partial charge is 0.336 e. The van der Waals surface area contributed by atoms with E-state index in [9.17, 15) is 9.59 Å². The molecule has 0 bridgehead atoms. The SMILES string of the molecule is COC(=O)C1=C(C)NC2=C(C(=O)c3ccccc32)[C@@H]1c1ccc(Cl)cc1. The second-order valence-electron chi connectivity index (χ2n) is 6.30. The number of allylic oxidation sites excluding steroid dienone is 2.